The van der Waals surface area contributed by atoms with Gasteiger partial charge < -0.3 is 5.32 Å². The molecule has 0 bridgehead atoms. The SMILES string of the molecule is CNCc1cn(CCN(CC(C)C)C2CCCC2)nn1. The van der Waals surface area contributed by atoms with E-state index in [1.165, 1.54) is 32.2 Å². The molecule has 1 heterocycles. The molecule has 1 fully saturated rings. The van der Waals surface area contributed by atoms with Crippen LogP contribution in [0.5, 0.6) is 0 Å². The summed E-state index contributed by atoms with van der Waals surface area (Å²) < 4.78 is 1.98. The monoisotopic (exact) mass is 279 g/mol. The third-order valence-corrected chi connectivity index (χ3v) is 4.00. The van der Waals surface area contributed by atoms with Crippen LogP contribution in [0.25, 0.3) is 0 Å². The maximum Gasteiger partial charge on any atom is 0.0964 e. The van der Waals surface area contributed by atoms with Crippen molar-refractivity contribution in [1.82, 2.24) is 25.2 Å². The second-order valence-corrected chi connectivity index (χ2v) is 6.33. The van der Waals surface area contributed by atoms with Gasteiger partial charge in [0.1, 0.15) is 0 Å². The molecule has 0 spiro atoms. The fourth-order valence-electron chi connectivity index (χ4n) is 3.10. The number of nitrogens with zero attached hydrogens (tertiary/aromatic N) is 4. The minimum absolute atomic E-state index is 0.728. The van der Waals surface area contributed by atoms with Crippen LogP contribution in [0.3, 0.4) is 0 Å². The van der Waals surface area contributed by atoms with Gasteiger partial charge in [0.15, 0.2) is 0 Å². The molecule has 0 atom stereocenters. The maximum atomic E-state index is 4.21. The first-order valence-corrected chi connectivity index (χ1v) is 7.96. The minimum Gasteiger partial charge on any atom is -0.314 e. The van der Waals surface area contributed by atoms with Crippen LogP contribution < -0.4 is 5.32 Å². The summed E-state index contributed by atoms with van der Waals surface area (Å²) in [6.45, 7) is 8.64. The lowest BCUT2D eigenvalue weighted by molar-refractivity contribution is 0.168. The van der Waals surface area contributed by atoms with Crippen LogP contribution in [-0.2, 0) is 13.1 Å². The van der Waals surface area contributed by atoms with Crippen LogP contribution in [0.4, 0.5) is 0 Å². The molecular formula is C15H29N5. The predicted octanol–water partition coefficient (Wildman–Crippen LogP) is 1.90. The van der Waals surface area contributed by atoms with Gasteiger partial charge in [0.25, 0.3) is 0 Å². The van der Waals surface area contributed by atoms with Gasteiger partial charge in [0.05, 0.1) is 12.2 Å². The third-order valence-electron chi connectivity index (χ3n) is 4.00. The Balaban J connectivity index is 1.86. The summed E-state index contributed by atoms with van der Waals surface area (Å²) in [7, 11) is 1.93. The number of aromatic nitrogens is 3. The number of hydrogen-bond acceptors (Lipinski definition) is 4. The molecule has 1 saturated carbocycles. The van der Waals surface area contributed by atoms with Crippen molar-refractivity contribution in [2.24, 2.45) is 5.92 Å². The lowest BCUT2D eigenvalue weighted by atomic mass is 10.1. The molecule has 0 unspecified atom stereocenters. The fourth-order valence-corrected chi connectivity index (χ4v) is 3.10. The highest BCUT2D eigenvalue weighted by Gasteiger charge is 2.22. The van der Waals surface area contributed by atoms with E-state index in [0.29, 0.717) is 0 Å². The lowest BCUT2D eigenvalue weighted by Gasteiger charge is -2.30. The van der Waals surface area contributed by atoms with Crippen molar-refractivity contribution in [2.75, 3.05) is 20.1 Å². The van der Waals surface area contributed by atoms with Crippen molar-refractivity contribution in [3.8, 4) is 0 Å². The van der Waals surface area contributed by atoms with E-state index in [9.17, 15) is 0 Å². The highest BCUT2D eigenvalue weighted by atomic mass is 15.4. The second kappa shape index (κ2) is 7.74. The topological polar surface area (TPSA) is 46.0 Å². The Morgan fingerprint density at radius 2 is 2.15 bits per heavy atom. The van der Waals surface area contributed by atoms with E-state index in [0.717, 1.165) is 37.3 Å². The molecule has 2 rings (SSSR count). The van der Waals surface area contributed by atoms with Crippen LogP contribution in [0.15, 0.2) is 6.20 Å². The Kier molecular flexibility index (Phi) is 5.98. The Hall–Kier alpha value is -0.940. The normalized spacial score (nSPS) is 16.6. The zero-order chi connectivity index (χ0) is 14.4. The van der Waals surface area contributed by atoms with Crippen LogP contribution in [-0.4, -0.2) is 46.1 Å². The zero-order valence-corrected chi connectivity index (χ0v) is 13.2. The average molecular weight is 279 g/mol. The standard InChI is InChI=1S/C15H29N5/c1-13(2)11-19(15-6-4-5-7-15)8-9-20-12-14(10-16-3)17-18-20/h12-13,15-16H,4-11H2,1-3H3. The molecule has 1 aliphatic rings. The van der Waals surface area contributed by atoms with Crippen molar-refractivity contribution >= 4 is 0 Å². The van der Waals surface area contributed by atoms with Crippen molar-refractivity contribution in [2.45, 2.75) is 58.7 Å². The van der Waals surface area contributed by atoms with E-state index in [1.54, 1.807) is 0 Å². The Morgan fingerprint density at radius 3 is 2.80 bits per heavy atom. The largest absolute Gasteiger partial charge is 0.314 e. The quantitative estimate of drug-likeness (QED) is 0.789. The van der Waals surface area contributed by atoms with E-state index < -0.39 is 0 Å². The van der Waals surface area contributed by atoms with Gasteiger partial charge in [0.2, 0.25) is 0 Å². The van der Waals surface area contributed by atoms with Crippen LogP contribution in [0.1, 0.15) is 45.2 Å². The first-order valence-electron chi connectivity index (χ1n) is 7.96. The Morgan fingerprint density at radius 1 is 1.40 bits per heavy atom. The number of nitrogens with one attached hydrogen (secondary N) is 1. The molecule has 5 heteroatoms. The first-order chi connectivity index (χ1) is 9.69. The summed E-state index contributed by atoms with van der Waals surface area (Å²) in [5.41, 5.74) is 1.02. The van der Waals surface area contributed by atoms with Crippen LogP contribution in [0.2, 0.25) is 0 Å². The lowest BCUT2D eigenvalue weighted by Crippen LogP contribution is -2.38. The highest BCUT2D eigenvalue weighted by Crippen LogP contribution is 2.24. The van der Waals surface area contributed by atoms with Gasteiger partial charge in [-0.1, -0.05) is 31.9 Å². The predicted molar refractivity (Wildman–Crippen MR) is 81.5 cm³/mol. The molecule has 0 amide bonds. The van der Waals surface area contributed by atoms with Crippen LogP contribution in [0, 0.1) is 5.92 Å². The van der Waals surface area contributed by atoms with Gasteiger partial charge >= 0.3 is 0 Å². The summed E-state index contributed by atoms with van der Waals surface area (Å²) in [6, 6.07) is 0.790. The molecule has 1 aromatic heterocycles. The van der Waals surface area contributed by atoms with Gasteiger partial charge in [-0.25, -0.2) is 0 Å². The van der Waals surface area contributed by atoms with Crippen molar-refractivity contribution in [3.05, 3.63) is 11.9 Å². The maximum absolute atomic E-state index is 4.21. The molecule has 1 aromatic rings. The molecule has 0 saturated heterocycles. The van der Waals surface area contributed by atoms with E-state index >= 15 is 0 Å². The minimum atomic E-state index is 0.728. The second-order valence-electron chi connectivity index (χ2n) is 6.33. The smallest absolute Gasteiger partial charge is 0.0964 e. The zero-order valence-electron chi connectivity index (χ0n) is 13.2. The molecule has 1 N–H and O–H groups in total. The van der Waals surface area contributed by atoms with Crippen molar-refractivity contribution in [3.63, 3.8) is 0 Å². The summed E-state index contributed by atoms with van der Waals surface area (Å²) in [4.78, 5) is 2.66. The van der Waals surface area contributed by atoms with Crippen molar-refractivity contribution in [1.29, 1.82) is 0 Å². The van der Waals surface area contributed by atoms with E-state index in [2.05, 4.69) is 40.6 Å². The molecular weight excluding hydrogens is 250 g/mol. The van der Waals surface area contributed by atoms with Gasteiger partial charge in [0, 0.05) is 31.9 Å². The fraction of sp³-hybridized carbons (Fsp3) is 0.867. The van der Waals surface area contributed by atoms with Crippen molar-refractivity contribution < 1.29 is 0 Å². The Bertz CT molecular complexity index is 381. The molecule has 0 aliphatic heterocycles. The summed E-state index contributed by atoms with van der Waals surface area (Å²) in [5, 5.41) is 11.5. The molecule has 1 aliphatic carbocycles. The summed E-state index contributed by atoms with van der Waals surface area (Å²) in [5.74, 6) is 0.728. The Labute approximate surface area is 122 Å². The average Bonchev–Trinajstić information content (AvgIpc) is 3.06. The molecule has 5 nitrogen and oxygen atoms in total. The number of hydrogen-bond donors (Lipinski definition) is 1. The van der Waals surface area contributed by atoms with E-state index in [4.69, 9.17) is 0 Å². The molecule has 114 valence electrons. The summed E-state index contributed by atoms with van der Waals surface area (Å²) in [6.07, 6.45) is 7.59. The third kappa shape index (κ3) is 4.56. The van der Waals surface area contributed by atoms with Gasteiger partial charge in [-0.2, -0.15) is 0 Å². The van der Waals surface area contributed by atoms with Gasteiger partial charge in [-0.05, 0) is 25.8 Å². The van der Waals surface area contributed by atoms with E-state index in [1.807, 2.05) is 11.7 Å². The highest BCUT2D eigenvalue weighted by molar-refractivity contribution is 4.91. The van der Waals surface area contributed by atoms with Crippen LogP contribution >= 0.6 is 0 Å². The summed E-state index contributed by atoms with van der Waals surface area (Å²) >= 11 is 0. The number of rotatable bonds is 8. The molecule has 0 radical (unpaired) electrons. The van der Waals surface area contributed by atoms with Gasteiger partial charge in [-0.3, -0.25) is 9.58 Å². The van der Waals surface area contributed by atoms with Gasteiger partial charge in [-0.15, -0.1) is 5.10 Å². The van der Waals surface area contributed by atoms with E-state index in [-0.39, 0.29) is 0 Å². The molecule has 20 heavy (non-hydrogen) atoms. The molecule has 0 aromatic carbocycles. The first kappa shape index (κ1) is 15.4.